The van der Waals surface area contributed by atoms with Crippen LogP contribution in [0.1, 0.15) is 50.5 Å². The van der Waals surface area contributed by atoms with Crippen LogP contribution in [0.25, 0.3) is 0 Å². The molecule has 0 spiro atoms. The van der Waals surface area contributed by atoms with Gasteiger partial charge in [0, 0.05) is 25.0 Å². The van der Waals surface area contributed by atoms with Crippen LogP contribution in [-0.2, 0) is 6.42 Å². The molecule has 0 radical (unpaired) electrons. The highest BCUT2D eigenvalue weighted by molar-refractivity contribution is 5.08. The summed E-state index contributed by atoms with van der Waals surface area (Å²) in [7, 11) is 0. The Kier molecular flexibility index (Phi) is 7.02. The maximum Gasteiger partial charge on any atom is 0.0300 e. The molecular formula is C17H29N3. The van der Waals surface area contributed by atoms with Gasteiger partial charge in [0.05, 0.1) is 0 Å². The zero-order chi connectivity index (χ0) is 14.0. The Morgan fingerprint density at radius 2 is 1.95 bits per heavy atom. The third-order valence-electron chi connectivity index (χ3n) is 4.40. The summed E-state index contributed by atoms with van der Waals surface area (Å²) in [4.78, 5) is 6.90. The zero-order valence-corrected chi connectivity index (χ0v) is 12.6. The standard InChI is InChI=1S/C17H29N3/c18-11-6-13-20(17-8-3-1-2-4-9-17)14-10-16-7-5-12-19-15-16/h5,7,12,15,17H,1-4,6,8-11,13-14,18H2. The monoisotopic (exact) mass is 275 g/mol. The number of nitrogens with two attached hydrogens (primary N) is 1. The first-order valence-corrected chi connectivity index (χ1v) is 8.23. The molecule has 1 fully saturated rings. The van der Waals surface area contributed by atoms with Crippen molar-refractivity contribution in [2.45, 2.75) is 57.4 Å². The van der Waals surface area contributed by atoms with E-state index in [9.17, 15) is 0 Å². The number of aromatic nitrogens is 1. The summed E-state index contributed by atoms with van der Waals surface area (Å²) < 4.78 is 0. The van der Waals surface area contributed by atoms with E-state index in [1.807, 2.05) is 18.5 Å². The summed E-state index contributed by atoms with van der Waals surface area (Å²) >= 11 is 0. The van der Waals surface area contributed by atoms with Gasteiger partial charge in [0.1, 0.15) is 0 Å². The molecular weight excluding hydrogens is 246 g/mol. The van der Waals surface area contributed by atoms with E-state index in [1.54, 1.807) is 0 Å². The first kappa shape index (κ1) is 15.5. The van der Waals surface area contributed by atoms with Gasteiger partial charge in [-0.3, -0.25) is 4.98 Å². The molecule has 1 aromatic heterocycles. The van der Waals surface area contributed by atoms with E-state index < -0.39 is 0 Å². The first-order valence-electron chi connectivity index (χ1n) is 8.23. The summed E-state index contributed by atoms with van der Waals surface area (Å²) in [6, 6.07) is 4.99. The van der Waals surface area contributed by atoms with Gasteiger partial charge in [0.2, 0.25) is 0 Å². The molecule has 1 saturated carbocycles. The maximum absolute atomic E-state index is 5.71. The molecule has 1 aliphatic rings. The lowest BCUT2D eigenvalue weighted by Crippen LogP contribution is -2.38. The minimum atomic E-state index is 0.778. The van der Waals surface area contributed by atoms with Crippen molar-refractivity contribution in [1.29, 1.82) is 0 Å². The first-order chi connectivity index (χ1) is 9.90. The summed E-state index contributed by atoms with van der Waals surface area (Å²) in [6.45, 7) is 3.11. The molecule has 0 aromatic carbocycles. The Bertz CT molecular complexity index is 345. The number of rotatable bonds is 7. The van der Waals surface area contributed by atoms with Crippen LogP contribution in [-0.4, -0.2) is 35.6 Å². The molecule has 2 N–H and O–H groups in total. The molecule has 20 heavy (non-hydrogen) atoms. The van der Waals surface area contributed by atoms with E-state index in [4.69, 9.17) is 5.73 Å². The fourth-order valence-electron chi connectivity index (χ4n) is 3.21. The van der Waals surface area contributed by atoms with Gasteiger partial charge in [-0.2, -0.15) is 0 Å². The Morgan fingerprint density at radius 1 is 1.15 bits per heavy atom. The van der Waals surface area contributed by atoms with Crippen molar-refractivity contribution in [3.63, 3.8) is 0 Å². The van der Waals surface area contributed by atoms with Gasteiger partial charge in [0.15, 0.2) is 0 Å². The molecule has 1 heterocycles. The molecule has 0 amide bonds. The van der Waals surface area contributed by atoms with Crippen molar-refractivity contribution in [3.8, 4) is 0 Å². The summed E-state index contributed by atoms with van der Waals surface area (Å²) in [5.41, 5.74) is 7.05. The summed E-state index contributed by atoms with van der Waals surface area (Å²) in [6.07, 6.45) is 14.4. The van der Waals surface area contributed by atoms with Crippen molar-refractivity contribution in [2.75, 3.05) is 19.6 Å². The van der Waals surface area contributed by atoms with Gasteiger partial charge < -0.3 is 10.6 Å². The molecule has 0 atom stereocenters. The third kappa shape index (κ3) is 5.22. The van der Waals surface area contributed by atoms with Crippen LogP contribution in [0.5, 0.6) is 0 Å². The van der Waals surface area contributed by atoms with Crippen LogP contribution in [0.2, 0.25) is 0 Å². The molecule has 1 aromatic rings. The maximum atomic E-state index is 5.71. The van der Waals surface area contributed by atoms with Gasteiger partial charge >= 0.3 is 0 Å². The van der Waals surface area contributed by atoms with Crippen LogP contribution in [0.3, 0.4) is 0 Å². The second kappa shape index (κ2) is 9.09. The highest BCUT2D eigenvalue weighted by atomic mass is 15.1. The minimum absolute atomic E-state index is 0.778. The lowest BCUT2D eigenvalue weighted by atomic mass is 10.1. The summed E-state index contributed by atoms with van der Waals surface area (Å²) in [5.74, 6) is 0. The van der Waals surface area contributed by atoms with Gasteiger partial charge in [-0.1, -0.05) is 31.7 Å². The zero-order valence-electron chi connectivity index (χ0n) is 12.6. The lowest BCUT2D eigenvalue weighted by Gasteiger charge is -2.31. The molecule has 1 aliphatic carbocycles. The number of nitrogens with zero attached hydrogens (tertiary/aromatic N) is 2. The normalized spacial score (nSPS) is 17.3. The van der Waals surface area contributed by atoms with Crippen molar-refractivity contribution in [2.24, 2.45) is 5.73 Å². The molecule has 0 unspecified atom stereocenters. The Hall–Kier alpha value is -0.930. The molecule has 2 rings (SSSR count). The Morgan fingerprint density at radius 3 is 2.60 bits per heavy atom. The number of hydrogen-bond acceptors (Lipinski definition) is 3. The second-order valence-corrected chi connectivity index (χ2v) is 5.93. The van der Waals surface area contributed by atoms with Gasteiger partial charge in [-0.05, 0) is 50.4 Å². The van der Waals surface area contributed by atoms with Crippen molar-refractivity contribution in [1.82, 2.24) is 9.88 Å². The smallest absolute Gasteiger partial charge is 0.0300 e. The average Bonchev–Trinajstić information content (AvgIpc) is 2.78. The molecule has 0 aliphatic heterocycles. The number of hydrogen-bond donors (Lipinski definition) is 1. The molecule has 3 nitrogen and oxygen atoms in total. The predicted molar refractivity (Wildman–Crippen MR) is 84.7 cm³/mol. The average molecular weight is 275 g/mol. The van der Waals surface area contributed by atoms with Crippen LogP contribution < -0.4 is 5.73 Å². The highest BCUT2D eigenvalue weighted by Crippen LogP contribution is 2.22. The fraction of sp³-hybridized carbons (Fsp3) is 0.706. The largest absolute Gasteiger partial charge is 0.330 e. The molecule has 112 valence electrons. The third-order valence-corrected chi connectivity index (χ3v) is 4.40. The van der Waals surface area contributed by atoms with Gasteiger partial charge in [-0.15, -0.1) is 0 Å². The SMILES string of the molecule is NCCCN(CCc1cccnc1)C1CCCCCC1. The molecule has 0 saturated heterocycles. The van der Waals surface area contributed by atoms with E-state index >= 15 is 0 Å². The second-order valence-electron chi connectivity index (χ2n) is 5.93. The fourth-order valence-corrected chi connectivity index (χ4v) is 3.21. The van der Waals surface area contributed by atoms with Crippen molar-refractivity contribution >= 4 is 0 Å². The van der Waals surface area contributed by atoms with Crippen LogP contribution in [0, 0.1) is 0 Å². The van der Waals surface area contributed by atoms with Crippen LogP contribution >= 0.6 is 0 Å². The minimum Gasteiger partial charge on any atom is -0.330 e. The van der Waals surface area contributed by atoms with Crippen LogP contribution in [0.15, 0.2) is 24.5 Å². The predicted octanol–water partition coefficient (Wildman–Crippen LogP) is 3.00. The highest BCUT2D eigenvalue weighted by Gasteiger charge is 2.19. The lowest BCUT2D eigenvalue weighted by molar-refractivity contribution is 0.179. The van der Waals surface area contributed by atoms with E-state index in [-0.39, 0.29) is 0 Å². The molecule has 3 heteroatoms. The van der Waals surface area contributed by atoms with Crippen LogP contribution in [0.4, 0.5) is 0 Å². The quantitative estimate of drug-likeness (QED) is 0.778. The Balaban J connectivity index is 1.88. The van der Waals surface area contributed by atoms with Gasteiger partial charge in [0.25, 0.3) is 0 Å². The van der Waals surface area contributed by atoms with Crippen molar-refractivity contribution < 1.29 is 0 Å². The summed E-state index contributed by atoms with van der Waals surface area (Å²) in [5, 5.41) is 0. The van der Waals surface area contributed by atoms with E-state index in [1.165, 1.54) is 44.1 Å². The van der Waals surface area contributed by atoms with Gasteiger partial charge in [-0.25, -0.2) is 0 Å². The van der Waals surface area contributed by atoms with Crippen molar-refractivity contribution in [3.05, 3.63) is 30.1 Å². The molecule has 0 bridgehead atoms. The topological polar surface area (TPSA) is 42.1 Å². The van der Waals surface area contributed by atoms with E-state index in [0.717, 1.165) is 38.5 Å². The Labute approximate surface area is 123 Å². The number of pyridine rings is 1. The van der Waals surface area contributed by atoms with E-state index in [2.05, 4.69) is 16.0 Å². The van der Waals surface area contributed by atoms with E-state index in [0.29, 0.717) is 0 Å².